The number of hydrogen-bond donors (Lipinski definition) is 2. The summed E-state index contributed by atoms with van der Waals surface area (Å²) in [6, 6.07) is 13.4. The summed E-state index contributed by atoms with van der Waals surface area (Å²) in [5.74, 6) is -0.174. The van der Waals surface area contributed by atoms with Gasteiger partial charge >= 0.3 is 0 Å². The lowest BCUT2D eigenvalue weighted by atomic mass is 10.0. The molecule has 2 N–H and O–H groups in total. The van der Waals surface area contributed by atoms with Gasteiger partial charge in [0.05, 0.1) is 17.8 Å². The van der Waals surface area contributed by atoms with E-state index in [1.165, 1.54) is 4.42 Å². The summed E-state index contributed by atoms with van der Waals surface area (Å²) in [5.41, 5.74) is 5.12. The third-order valence-electron chi connectivity index (χ3n) is 4.30. The fourth-order valence-electron chi connectivity index (χ4n) is 3.07. The SMILES string of the molecule is CN(Cl)CCO/N=C1/C(=C2/C(=O)Nc3ccc(Br)cc32)Nc2ccccc21. The van der Waals surface area contributed by atoms with Gasteiger partial charge < -0.3 is 15.5 Å². The molecule has 2 aliphatic rings. The Morgan fingerprint density at radius 1 is 1.15 bits per heavy atom. The fraction of sp³-hybridized carbons (Fsp3) is 0.158. The van der Waals surface area contributed by atoms with E-state index in [1.54, 1.807) is 7.05 Å². The molecule has 0 atom stereocenters. The molecular weight excluding hydrogens is 432 g/mol. The Bertz CT molecular complexity index is 987. The Labute approximate surface area is 170 Å². The highest BCUT2D eigenvalue weighted by atomic mass is 79.9. The number of hydrogen-bond acceptors (Lipinski definition) is 5. The average Bonchev–Trinajstić information content (AvgIpc) is 3.14. The second kappa shape index (κ2) is 7.34. The Morgan fingerprint density at radius 3 is 2.74 bits per heavy atom. The number of likely N-dealkylation sites (N-methyl/N-ethyl adjacent to an activating group) is 1. The first-order valence-electron chi connectivity index (χ1n) is 8.34. The van der Waals surface area contributed by atoms with Crippen LogP contribution >= 0.6 is 27.7 Å². The lowest BCUT2D eigenvalue weighted by Gasteiger charge is -2.08. The third kappa shape index (κ3) is 3.45. The summed E-state index contributed by atoms with van der Waals surface area (Å²) in [4.78, 5) is 18.2. The van der Waals surface area contributed by atoms with Gasteiger partial charge in [0.25, 0.3) is 5.91 Å². The number of carbonyl (C=O) groups is 1. The number of oxime groups is 1. The van der Waals surface area contributed by atoms with E-state index < -0.39 is 0 Å². The summed E-state index contributed by atoms with van der Waals surface area (Å²) < 4.78 is 2.39. The highest BCUT2D eigenvalue weighted by Gasteiger charge is 2.34. The molecule has 8 heteroatoms. The van der Waals surface area contributed by atoms with Crippen LogP contribution in [0.2, 0.25) is 0 Å². The molecule has 2 aliphatic heterocycles. The van der Waals surface area contributed by atoms with Crippen molar-refractivity contribution in [3.63, 3.8) is 0 Å². The number of nitrogens with one attached hydrogen (secondary N) is 2. The molecule has 0 saturated carbocycles. The van der Waals surface area contributed by atoms with Crippen LogP contribution in [0.3, 0.4) is 0 Å². The molecule has 0 spiro atoms. The first-order valence-corrected chi connectivity index (χ1v) is 9.47. The first kappa shape index (κ1) is 18.0. The zero-order chi connectivity index (χ0) is 19.0. The van der Waals surface area contributed by atoms with Crippen LogP contribution in [0.15, 0.2) is 57.8 Å². The van der Waals surface area contributed by atoms with Gasteiger partial charge in [-0.3, -0.25) is 4.79 Å². The zero-order valence-electron chi connectivity index (χ0n) is 14.4. The zero-order valence-corrected chi connectivity index (χ0v) is 16.8. The van der Waals surface area contributed by atoms with Crippen LogP contribution in [0.25, 0.3) is 5.57 Å². The van der Waals surface area contributed by atoms with Crippen molar-refractivity contribution in [1.29, 1.82) is 0 Å². The van der Waals surface area contributed by atoms with Gasteiger partial charge in [0.1, 0.15) is 12.3 Å². The quantitative estimate of drug-likeness (QED) is 0.321. The molecule has 0 radical (unpaired) electrons. The normalized spacial score (nSPS) is 19.1. The third-order valence-corrected chi connectivity index (χ3v) is 4.96. The molecule has 0 fully saturated rings. The largest absolute Gasteiger partial charge is 0.394 e. The molecule has 2 aromatic carbocycles. The summed E-state index contributed by atoms with van der Waals surface area (Å²) >= 11 is 9.28. The maximum atomic E-state index is 12.7. The van der Waals surface area contributed by atoms with Crippen LogP contribution in [0, 0.1) is 0 Å². The van der Waals surface area contributed by atoms with Crippen molar-refractivity contribution in [3.05, 3.63) is 63.8 Å². The van der Waals surface area contributed by atoms with Gasteiger partial charge in [-0.2, -0.15) is 0 Å². The standard InChI is InChI=1S/C19H16BrClN4O2/c1-25(21)8-9-27-24-17-12-4-2-3-5-14(12)22-18(17)16-13-10-11(20)6-7-15(13)23-19(16)26/h2-7,10,22H,8-9H2,1H3,(H,23,26)/b18-16-,24-17+. The minimum Gasteiger partial charge on any atom is -0.394 e. The molecule has 0 aliphatic carbocycles. The van der Waals surface area contributed by atoms with Crippen molar-refractivity contribution in [1.82, 2.24) is 4.42 Å². The van der Waals surface area contributed by atoms with E-state index in [2.05, 4.69) is 31.7 Å². The molecule has 138 valence electrons. The number of fused-ring (bicyclic) bond motifs is 2. The van der Waals surface area contributed by atoms with Gasteiger partial charge in [0, 0.05) is 34.0 Å². The van der Waals surface area contributed by atoms with E-state index in [1.807, 2.05) is 42.5 Å². The van der Waals surface area contributed by atoms with Crippen LogP contribution in [-0.2, 0) is 9.63 Å². The number of rotatable bonds is 4. The lowest BCUT2D eigenvalue weighted by Crippen LogP contribution is -2.14. The average molecular weight is 448 g/mol. The van der Waals surface area contributed by atoms with E-state index in [9.17, 15) is 4.79 Å². The second-order valence-electron chi connectivity index (χ2n) is 6.17. The van der Waals surface area contributed by atoms with E-state index >= 15 is 0 Å². The molecule has 2 aromatic rings. The number of allylic oxidation sites excluding steroid dienone is 1. The van der Waals surface area contributed by atoms with E-state index in [4.69, 9.17) is 16.6 Å². The van der Waals surface area contributed by atoms with Gasteiger partial charge in [0.15, 0.2) is 0 Å². The van der Waals surface area contributed by atoms with Crippen molar-refractivity contribution in [3.8, 4) is 0 Å². The fourth-order valence-corrected chi connectivity index (χ4v) is 3.50. The van der Waals surface area contributed by atoms with Gasteiger partial charge in [-0.15, -0.1) is 0 Å². The number of carbonyl (C=O) groups excluding carboxylic acids is 1. The first-order chi connectivity index (χ1) is 13.0. The van der Waals surface area contributed by atoms with Gasteiger partial charge in [-0.25, -0.2) is 4.42 Å². The molecule has 4 rings (SSSR count). The number of anilines is 2. The predicted molar refractivity (Wildman–Crippen MR) is 111 cm³/mol. The molecular formula is C19H16BrClN4O2. The summed E-state index contributed by atoms with van der Waals surface area (Å²) in [5, 5.41) is 10.5. The predicted octanol–water partition coefficient (Wildman–Crippen LogP) is 4.04. The van der Waals surface area contributed by atoms with Crippen molar-refractivity contribution in [2.45, 2.75) is 0 Å². The van der Waals surface area contributed by atoms with Crippen molar-refractivity contribution in [2.24, 2.45) is 5.16 Å². The topological polar surface area (TPSA) is 66.0 Å². The Hall–Kier alpha value is -2.35. The number of benzene rings is 2. The summed E-state index contributed by atoms with van der Waals surface area (Å²) in [7, 11) is 1.75. The second-order valence-corrected chi connectivity index (χ2v) is 7.66. The number of halogens is 2. The van der Waals surface area contributed by atoms with Crippen molar-refractivity contribution >= 4 is 56.3 Å². The monoisotopic (exact) mass is 446 g/mol. The minimum absolute atomic E-state index is 0.174. The van der Waals surface area contributed by atoms with Gasteiger partial charge in [-0.1, -0.05) is 39.3 Å². The molecule has 0 aromatic heterocycles. The minimum atomic E-state index is -0.174. The Morgan fingerprint density at radius 2 is 1.93 bits per heavy atom. The van der Waals surface area contributed by atoms with E-state index in [-0.39, 0.29) is 5.91 Å². The summed E-state index contributed by atoms with van der Waals surface area (Å²) in [6.07, 6.45) is 0. The van der Waals surface area contributed by atoms with Gasteiger partial charge in [-0.05, 0) is 36.0 Å². The smallest absolute Gasteiger partial charge is 0.258 e. The van der Waals surface area contributed by atoms with Crippen LogP contribution < -0.4 is 10.6 Å². The van der Waals surface area contributed by atoms with Gasteiger partial charge in [0.2, 0.25) is 0 Å². The van der Waals surface area contributed by atoms with Crippen molar-refractivity contribution < 1.29 is 9.63 Å². The molecule has 2 heterocycles. The number of nitrogens with zero attached hydrogens (tertiary/aromatic N) is 2. The lowest BCUT2D eigenvalue weighted by molar-refractivity contribution is -0.110. The van der Waals surface area contributed by atoms with Crippen LogP contribution in [0.1, 0.15) is 11.1 Å². The molecule has 0 bridgehead atoms. The Kier molecular flexibility index (Phi) is 4.90. The van der Waals surface area contributed by atoms with Crippen LogP contribution in [0.5, 0.6) is 0 Å². The molecule has 6 nitrogen and oxygen atoms in total. The number of para-hydroxylation sites is 1. The van der Waals surface area contributed by atoms with E-state index in [0.29, 0.717) is 30.1 Å². The molecule has 1 amide bonds. The highest BCUT2D eigenvalue weighted by Crippen LogP contribution is 2.40. The van der Waals surface area contributed by atoms with E-state index in [0.717, 1.165) is 27.0 Å². The number of amides is 1. The molecule has 27 heavy (non-hydrogen) atoms. The van der Waals surface area contributed by atoms with Crippen molar-refractivity contribution in [2.75, 3.05) is 30.8 Å². The maximum absolute atomic E-state index is 12.7. The van der Waals surface area contributed by atoms with Crippen LogP contribution in [-0.4, -0.2) is 36.2 Å². The maximum Gasteiger partial charge on any atom is 0.258 e. The van der Waals surface area contributed by atoms with Crippen LogP contribution in [0.4, 0.5) is 11.4 Å². The molecule has 0 saturated heterocycles. The Balaban J connectivity index is 1.80. The molecule has 0 unspecified atom stereocenters. The summed E-state index contributed by atoms with van der Waals surface area (Å²) in [6.45, 7) is 0.859. The highest BCUT2D eigenvalue weighted by molar-refractivity contribution is 9.10.